The van der Waals surface area contributed by atoms with E-state index in [9.17, 15) is 4.79 Å². The number of fused-ring (bicyclic) bond motifs is 1. The fourth-order valence-electron chi connectivity index (χ4n) is 2.71. The number of rotatable bonds is 9. The highest BCUT2D eigenvalue weighted by atomic mass is 16.6. The van der Waals surface area contributed by atoms with Crippen LogP contribution in [0.25, 0.3) is 11.0 Å². The van der Waals surface area contributed by atoms with Gasteiger partial charge in [-0.2, -0.15) is 0 Å². The first-order valence-electron chi connectivity index (χ1n) is 8.75. The third-order valence-electron chi connectivity index (χ3n) is 3.89. The van der Waals surface area contributed by atoms with Crippen molar-refractivity contribution < 1.29 is 28.2 Å². The number of furan rings is 1. The number of hydrogen-bond donors (Lipinski definition) is 0. The molecule has 0 saturated heterocycles. The van der Waals surface area contributed by atoms with Crippen molar-refractivity contribution in [1.29, 1.82) is 0 Å². The molecule has 0 spiro atoms. The standard InChI is InChI=1S/C21H22O6/c1-3-24-15-8-10-16(11-9-15)25-12-13-26-21(22)20-18(14-23-2)17-6-4-5-7-19(17)27-20/h4-11H,3,12-14H2,1-2H3. The molecule has 0 radical (unpaired) electrons. The van der Waals surface area contributed by atoms with Crippen molar-refractivity contribution in [3.63, 3.8) is 0 Å². The van der Waals surface area contributed by atoms with Crippen LogP contribution in [-0.4, -0.2) is 32.9 Å². The summed E-state index contributed by atoms with van der Waals surface area (Å²) in [7, 11) is 1.57. The predicted octanol–water partition coefficient (Wildman–Crippen LogP) is 4.21. The molecule has 1 heterocycles. The lowest BCUT2D eigenvalue weighted by Crippen LogP contribution is -2.13. The van der Waals surface area contributed by atoms with Gasteiger partial charge >= 0.3 is 5.97 Å². The third kappa shape index (κ3) is 4.60. The number of methoxy groups -OCH3 is 1. The number of hydrogen-bond acceptors (Lipinski definition) is 6. The molecule has 142 valence electrons. The van der Waals surface area contributed by atoms with Crippen LogP contribution in [0.5, 0.6) is 11.5 Å². The van der Waals surface area contributed by atoms with E-state index in [1.54, 1.807) is 13.2 Å². The summed E-state index contributed by atoms with van der Waals surface area (Å²) in [5, 5.41) is 0.844. The topological polar surface area (TPSA) is 67.1 Å². The highest BCUT2D eigenvalue weighted by Gasteiger charge is 2.21. The molecule has 0 bridgehead atoms. The number of para-hydroxylation sites is 1. The van der Waals surface area contributed by atoms with Gasteiger partial charge in [-0.05, 0) is 37.3 Å². The van der Waals surface area contributed by atoms with Crippen molar-refractivity contribution in [2.75, 3.05) is 26.9 Å². The number of carbonyl (C=O) groups excluding carboxylic acids is 1. The Morgan fingerprint density at radius 3 is 2.37 bits per heavy atom. The summed E-state index contributed by atoms with van der Waals surface area (Å²) in [5.41, 5.74) is 1.31. The Kier molecular flexibility index (Phi) is 6.33. The lowest BCUT2D eigenvalue weighted by molar-refractivity contribution is 0.0411. The second-order valence-corrected chi connectivity index (χ2v) is 5.73. The van der Waals surface area contributed by atoms with Gasteiger partial charge in [0.25, 0.3) is 0 Å². The van der Waals surface area contributed by atoms with E-state index >= 15 is 0 Å². The molecule has 0 saturated carbocycles. The summed E-state index contributed by atoms with van der Waals surface area (Å²) >= 11 is 0. The van der Waals surface area contributed by atoms with Crippen LogP contribution in [0.15, 0.2) is 52.9 Å². The van der Waals surface area contributed by atoms with Crippen molar-refractivity contribution in [1.82, 2.24) is 0 Å². The van der Waals surface area contributed by atoms with Gasteiger partial charge in [-0.3, -0.25) is 0 Å². The SMILES string of the molecule is CCOc1ccc(OCCOC(=O)c2oc3ccccc3c2COC)cc1. The van der Waals surface area contributed by atoms with Crippen LogP contribution in [0.4, 0.5) is 0 Å². The van der Waals surface area contributed by atoms with Crippen LogP contribution in [0.3, 0.4) is 0 Å². The number of carbonyl (C=O) groups is 1. The normalized spacial score (nSPS) is 10.7. The molecule has 0 aliphatic carbocycles. The molecule has 0 unspecified atom stereocenters. The van der Waals surface area contributed by atoms with Crippen molar-refractivity contribution in [2.24, 2.45) is 0 Å². The quantitative estimate of drug-likeness (QED) is 0.415. The van der Waals surface area contributed by atoms with Crippen LogP contribution >= 0.6 is 0 Å². The lowest BCUT2D eigenvalue weighted by atomic mass is 10.1. The molecule has 0 aliphatic heterocycles. The molecule has 3 aromatic rings. The van der Waals surface area contributed by atoms with E-state index in [1.807, 2.05) is 49.4 Å². The maximum atomic E-state index is 12.4. The zero-order valence-corrected chi connectivity index (χ0v) is 15.4. The molecular weight excluding hydrogens is 348 g/mol. The zero-order valence-electron chi connectivity index (χ0n) is 15.4. The number of benzene rings is 2. The molecule has 0 fully saturated rings. The van der Waals surface area contributed by atoms with Crippen LogP contribution in [0.1, 0.15) is 23.0 Å². The average molecular weight is 370 g/mol. The van der Waals surface area contributed by atoms with Crippen molar-refractivity contribution in [3.05, 3.63) is 59.9 Å². The molecule has 3 rings (SSSR count). The average Bonchev–Trinajstić information content (AvgIpc) is 3.06. The van der Waals surface area contributed by atoms with Gasteiger partial charge in [0.1, 0.15) is 30.3 Å². The van der Waals surface area contributed by atoms with Crippen LogP contribution in [0.2, 0.25) is 0 Å². The summed E-state index contributed by atoms with van der Waals surface area (Å²) in [5.74, 6) is 1.10. The molecular formula is C21H22O6. The van der Waals surface area contributed by atoms with E-state index in [-0.39, 0.29) is 25.6 Å². The lowest BCUT2D eigenvalue weighted by Gasteiger charge is -2.08. The van der Waals surface area contributed by atoms with Gasteiger partial charge in [-0.1, -0.05) is 18.2 Å². The maximum Gasteiger partial charge on any atom is 0.374 e. The summed E-state index contributed by atoms with van der Waals surface area (Å²) in [6.07, 6.45) is 0. The second-order valence-electron chi connectivity index (χ2n) is 5.73. The van der Waals surface area contributed by atoms with Crippen LogP contribution in [-0.2, 0) is 16.1 Å². The molecule has 2 aromatic carbocycles. The Balaban J connectivity index is 1.56. The van der Waals surface area contributed by atoms with E-state index in [1.165, 1.54) is 0 Å². The van der Waals surface area contributed by atoms with Gasteiger partial charge in [0.05, 0.1) is 13.2 Å². The van der Waals surface area contributed by atoms with Crippen molar-refractivity contribution >= 4 is 16.9 Å². The zero-order chi connectivity index (χ0) is 19.1. The maximum absolute atomic E-state index is 12.4. The smallest absolute Gasteiger partial charge is 0.374 e. The minimum absolute atomic E-state index is 0.107. The molecule has 6 nitrogen and oxygen atoms in total. The minimum Gasteiger partial charge on any atom is -0.494 e. The Labute approximate surface area is 157 Å². The van der Waals surface area contributed by atoms with Gasteiger partial charge in [-0.15, -0.1) is 0 Å². The minimum atomic E-state index is -0.534. The highest BCUT2D eigenvalue weighted by Crippen LogP contribution is 2.27. The van der Waals surface area contributed by atoms with Gasteiger partial charge < -0.3 is 23.4 Å². The molecule has 1 aromatic heterocycles. The van der Waals surface area contributed by atoms with Crippen LogP contribution in [0, 0.1) is 0 Å². The Morgan fingerprint density at radius 1 is 0.963 bits per heavy atom. The van der Waals surface area contributed by atoms with Gasteiger partial charge in [0.2, 0.25) is 5.76 Å². The fraction of sp³-hybridized carbons (Fsp3) is 0.286. The molecule has 0 atom stereocenters. The second kappa shape index (κ2) is 9.09. The summed E-state index contributed by atoms with van der Waals surface area (Å²) in [6, 6.07) is 14.7. The van der Waals surface area contributed by atoms with Gasteiger partial charge in [-0.25, -0.2) is 4.79 Å². The Bertz CT molecular complexity index is 881. The first-order chi connectivity index (χ1) is 13.2. The summed E-state index contributed by atoms with van der Waals surface area (Å²) < 4.78 is 27.1. The summed E-state index contributed by atoms with van der Waals surface area (Å²) in [4.78, 5) is 12.4. The Hall–Kier alpha value is -2.99. The molecule has 27 heavy (non-hydrogen) atoms. The van der Waals surface area contributed by atoms with Gasteiger partial charge in [0.15, 0.2) is 0 Å². The third-order valence-corrected chi connectivity index (χ3v) is 3.89. The molecule has 6 heteroatoms. The molecule has 0 aliphatic rings. The Morgan fingerprint density at radius 2 is 1.67 bits per heavy atom. The van der Waals surface area contributed by atoms with E-state index in [4.69, 9.17) is 23.4 Å². The molecule has 0 amide bonds. The van der Waals surface area contributed by atoms with E-state index < -0.39 is 5.97 Å². The number of esters is 1. The number of ether oxygens (including phenoxy) is 4. The van der Waals surface area contributed by atoms with Crippen LogP contribution < -0.4 is 9.47 Å². The highest BCUT2D eigenvalue weighted by molar-refractivity contribution is 5.96. The fourth-order valence-corrected chi connectivity index (χ4v) is 2.71. The summed E-state index contributed by atoms with van der Waals surface area (Å²) in [6.45, 7) is 3.15. The van der Waals surface area contributed by atoms with Gasteiger partial charge in [0, 0.05) is 18.1 Å². The predicted molar refractivity (Wildman–Crippen MR) is 100 cm³/mol. The molecule has 0 N–H and O–H groups in total. The largest absolute Gasteiger partial charge is 0.494 e. The van der Waals surface area contributed by atoms with E-state index in [0.29, 0.717) is 23.5 Å². The first kappa shape index (κ1) is 18.8. The van der Waals surface area contributed by atoms with E-state index in [2.05, 4.69) is 0 Å². The van der Waals surface area contributed by atoms with E-state index in [0.717, 1.165) is 11.1 Å². The monoisotopic (exact) mass is 370 g/mol. The van der Waals surface area contributed by atoms with Crippen molar-refractivity contribution in [2.45, 2.75) is 13.5 Å². The first-order valence-corrected chi connectivity index (χ1v) is 8.75. The van der Waals surface area contributed by atoms with Crippen molar-refractivity contribution in [3.8, 4) is 11.5 Å².